The largest absolute Gasteiger partial charge is 0.309 e. The Bertz CT molecular complexity index is 3220. The number of benzene rings is 7. The highest BCUT2D eigenvalue weighted by molar-refractivity contribution is 6.12. The molecule has 3 heterocycles. The van der Waals surface area contributed by atoms with Crippen LogP contribution in [0.2, 0.25) is 0 Å². The molecular weight excluding hydrogens is 681 g/mol. The van der Waals surface area contributed by atoms with Crippen molar-refractivity contribution in [3.05, 3.63) is 186 Å². The van der Waals surface area contributed by atoms with Crippen LogP contribution in [0.3, 0.4) is 0 Å². The Hall–Kier alpha value is -7.22. The van der Waals surface area contributed by atoms with Crippen molar-refractivity contribution in [2.45, 2.75) is 27.7 Å². The quantitative estimate of drug-likeness (QED) is 0.178. The summed E-state index contributed by atoms with van der Waals surface area (Å²) in [7, 11) is 0. The van der Waals surface area contributed by atoms with Gasteiger partial charge in [-0.05, 0) is 117 Å². The van der Waals surface area contributed by atoms with Gasteiger partial charge < -0.3 is 9.13 Å². The molecule has 4 nitrogen and oxygen atoms in total. The highest BCUT2D eigenvalue weighted by Crippen LogP contribution is 2.42. The van der Waals surface area contributed by atoms with E-state index in [9.17, 15) is 5.26 Å². The van der Waals surface area contributed by atoms with E-state index >= 15 is 0 Å². The van der Waals surface area contributed by atoms with Gasteiger partial charge in [-0.3, -0.25) is 4.98 Å². The van der Waals surface area contributed by atoms with Gasteiger partial charge >= 0.3 is 0 Å². The number of hydrogen-bond donors (Lipinski definition) is 0. The monoisotopic (exact) mass is 718 g/mol. The van der Waals surface area contributed by atoms with Crippen LogP contribution in [-0.4, -0.2) is 14.1 Å². The minimum atomic E-state index is 0.582. The Kier molecular flexibility index (Phi) is 7.73. The molecule has 266 valence electrons. The van der Waals surface area contributed by atoms with Crippen LogP contribution in [0.15, 0.2) is 158 Å². The Labute approximate surface area is 326 Å². The third-order valence-corrected chi connectivity index (χ3v) is 11.1. The van der Waals surface area contributed by atoms with Crippen LogP contribution in [0.1, 0.15) is 27.8 Å². The smallest absolute Gasteiger partial charge is 0.0991 e. The average Bonchev–Trinajstić information content (AvgIpc) is 3.72. The first kappa shape index (κ1) is 33.4. The summed E-state index contributed by atoms with van der Waals surface area (Å²) < 4.78 is 4.68. The topological polar surface area (TPSA) is 46.5 Å². The number of nitrogens with zero attached hydrogens (tertiary/aromatic N) is 4. The Balaban J connectivity index is 1.22. The fourth-order valence-corrected chi connectivity index (χ4v) is 8.88. The number of pyridine rings is 1. The van der Waals surface area contributed by atoms with E-state index in [2.05, 4.69) is 176 Å². The summed E-state index contributed by atoms with van der Waals surface area (Å²) in [6, 6.07) is 56.8. The molecule has 0 N–H and O–H groups in total. The van der Waals surface area contributed by atoms with Gasteiger partial charge in [0, 0.05) is 33.3 Å². The number of aryl methyl sites for hydroxylation is 4. The molecule has 10 rings (SSSR count). The molecule has 56 heavy (non-hydrogen) atoms. The van der Waals surface area contributed by atoms with E-state index in [1.807, 2.05) is 24.4 Å². The molecule has 0 aliphatic rings. The summed E-state index contributed by atoms with van der Waals surface area (Å²) >= 11 is 0. The van der Waals surface area contributed by atoms with E-state index in [0.717, 1.165) is 44.7 Å². The third-order valence-electron chi connectivity index (χ3n) is 11.1. The molecule has 0 aliphatic carbocycles. The molecule has 0 unspecified atom stereocenters. The van der Waals surface area contributed by atoms with Crippen LogP contribution >= 0.6 is 0 Å². The lowest BCUT2D eigenvalue weighted by molar-refractivity contribution is 1.13. The number of hydrogen-bond acceptors (Lipinski definition) is 2. The molecule has 0 fully saturated rings. The molecule has 0 saturated heterocycles. The van der Waals surface area contributed by atoms with Crippen LogP contribution in [0, 0.1) is 39.0 Å². The zero-order chi connectivity index (χ0) is 38.1. The molecular formula is C52H38N4. The fourth-order valence-electron chi connectivity index (χ4n) is 8.88. The zero-order valence-electron chi connectivity index (χ0n) is 31.8. The van der Waals surface area contributed by atoms with Gasteiger partial charge in [0.15, 0.2) is 0 Å². The molecule has 0 atom stereocenters. The number of fused-ring (bicyclic) bond motifs is 6. The highest BCUT2D eigenvalue weighted by atomic mass is 15.0. The van der Waals surface area contributed by atoms with E-state index in [-0.39, 0.29) is 0 Å². The maximum Gasteiger partial charge on any atom is 0.0991 e. The molecule has 0 radical (unpaired) electrons. The van der Waals surface area contributed by atoms with Gasteiger partial charge in [0.2, 0.25) is 0 Å². The molecule has 4 heteroatoms. The van der Waals surface area contributed by atoms with Gasteiger partial charge in [-0.15, -0.1) is 0 Å². The first-order valence-corrected chi connectivity index (χ1v) is 19.1. The van der Waals surface area contributed by atoms with Crippen molar-refractivity contribution in [2.24, 2.45) is 0 Å². The lowest BCUT2D eigenvalue weighted by Crippen LogP contribution is -2.03. The lowest BCUT2D eigenvalue weighted by atomic mass is 9.99. The van der Waals surface area contributed by atoms with E-state index in [4.69, 9.17) is 4.98 Å². The average molecular weight is 719 g/mol. The van der Waals surface area contributed by atoms with Crippen molar-refractivity contribution in [1.29, 1.82) is 5.26 Å². The van der Waals surface area contributed by atoms with Gasteiger partial charge in [0.1, 0.15) is 0 Å². The van der Waals surface area contributed by atoms with Crippen molar-refractivity contribution in [3.8, 4) is 51.0 Å². The highest BCUT2D eigenvalue weighted by Gasteiger charge is 2.22. The van der Waals surface area contributed by atoms with E-state index in [1.54, 1.807) is 0 Å². The van der Waals surface area contributed by atoms with Crippen molar-refractivity contribution in [2.75, 3.05) is 0 Å². The van der Waals surface area contributed by atoms with Crippen LogP contribution in [0.5, 0.6) is 0 Å². The van der Waals surface area contributed by atoms with Crippen LogP contribution in [0.4, 0.5) is 0 Å². The van der Waals surface area contributed by atoms with Crippen molar-refractivity contribution < 1.29 is 0 Å². The van der Waals surface area contributed by atoms with Crippen LogP contribution < -0.4 is 0 Å². The number of aromatic nitrogens is 3. The second-order valence-corrected chi connectivity index (χ2v) is 15.1. The number of para-hydroxylation sites is 2. The summed E-state index contributed by atoms with van der Waals surface area (Å²) in [6.45, 7) is 8.62. The van der Waals surface area contributed by atoms with Gasteiger partial charge in [-0.25, -0.2) is 0 Å². The maximum atomic E-state index is 10.3. The SMILES string of the molecule is Cc1cc(C)cc(-c2ccc3c(c2)c2ccccc2n3-c2ccc(C#N)cc2-c2ncccc2-n2c3ccccc3c3cc(-c4cc(C)cc(C)c4)ccc32)c1. The molecule has 0 aliphatic heterocycles. The summed E-state index contributed by atoms with van der Waals surface area (Å²) in [5, 5.41) is 15.0. The fraction of sp³-hybridized carbons (Fsp3) is 0.0769. The zero-order valence-corrected chi connectivity index (χ0v) is 31.8. The Morgan fingerprint density at radius 2 is 0.929 bits per heavy atom. The molecule has 0 amide bonds. The van der Waals surface area contributed by atoms with E-state index in [0.29, 0.717) is 5.56 Å². The first-order chi connectivity index (χ1) is 27.3. The Morgan fingerprint density at radius 1 is 0.429 bits per heavy atom. The van der Waals surface area contributed by atoms with Crippen molar-refractivity contribution in [3.63, 3.8) is 0 Å². The molecule has 0 saturated carbocycles. The van der Waals surface area contributed by atoms with Gasteiger partial charge in [0.05, 0.1) is 50.8 Å². The van der Waals surface area contributed by atoms with Crippen molar-refractivity contribution >= 4 is 43.6 Å². The predicted molar refractivity (Wildman–Crippen MR) is 233 cm³/mol. The normalized spacial score (nSPS) is 11.6. The third kappa shape index (κ3) is 5.40. The summed E-state index contributed by atoms with van der Waals surface area (Å²) in [5.41, 5.74) is 18.4. The van der Waals surface area contributed by atoms with E-state index < -0.39 is 0 Å². The van der Waals surface area contributed by atoms with Crippen LogP contribution in [-0.2, 0) is 0 Å². The molecule has 0 spiro atoms. The van der Waals surface area contributed by atoms with Crippen molar-refractivity contribution in [1.82, 2.24) is 14.1 Å². The van der Waals surface area contributed by atoms with Crippen LogP contribution in [0.25, 0.3) is 88.5 Å². The predicted octanol–water partition coefficient (Wildman–Crippen LogP) is 13.4. The molecule has 0 bridgehead atoms. The Morgan fingerprint density at radius 3 is 1.46 bits per heavy atom. The minimum Gasteiger partial charge on any atom is -0.309 e. The number of rotatable bonds is 5. The minimum absolute atomic E-state index is 0.582. The van der Waals surface area contributed by atoms with Gasteiger partial charge in [-0.1, -0.05) is 107 Å². The number of nitriles is 1. The van der Waals surface area contributed by atoms with Gasteiger partial charge in [0.25, 0.3) is 0 Å². The summed E-state index contributed by atoms with van der Waals surface area (Å²) in [6.07, 6.45) is 1.86. The maximum absolute atomic E-state index is 10.3. The molecule has 7 aromatic carbocycles. The lowest BCUT2D eigenvalue weighted by Gasteiger charge is -2.18. The summed E-state index contributed by atoms with van der Waals surface area (Å²) in [4.78, 5) is 5.14. The van der Waals surface area contributed by atoms with E-state index in [1.165, 1.54) is 66.1 Å². The second kappa shape index (κ2) is 13.0. The second-order valence-electron chi connectivity index (χ2n) is 15.1. The molecule has 10 aromatic rings. The first-order valence-electron chi connectivity index (χ1n) is 19.1. The summed E-state index contributed by atoms with van der Waals surface area (Å²) in [5.74, 6) is 0. The van der Waals surface area contributed by atoms with Gasteiger partial charge in [-0.2, -0.15) is 5.26 Å². The molecule has 3 aromatic heterocycles. The standard InChI is InChI=1S/C52H38N4/c1-32-22-33(2)25-39(24-32)37-16-19-48-43(29-37)41-10-5-7-12-46(41)55(48)50-18-15-36(31-53)28-45(50)52-51(14-9-21-54-52)56-47-13-8-6-11-42(47)44-30-38(17-20-49(44)56)40-26-34(3)23-35(4)27-40/h5-30H,1-4H3.